The molecule has 0 aliphatic carbocycles. The van der Waals surface area contributed by atoms with Crippen LogP contribution in [-0.4, -0.2) is 37.2 Å². The first-order valence-electron chi connectivity index (χ1n) is 9.25. The SMILES string of the molecule is O=C(NCc1ccccc1)c1csc(Nc2ccc(N3CCOCC3)cc2)n1. The minimum absolute atomic E-state index is 0.171. The van der Waals surface area contributed by atoms with Gasteiger partial charge in [0.05, 0.1) is 13.2 Å². The maximum absolute atomic E-state index is 12.3. The Morgan fingerprint density at radius 3 is 2.57 bits per heavy atom. The molecule has 3 aromatic rings. The molecule has 1 aliphatic heterocycles. The molecular formula is C21H22N4O2S. The number of aromatic nitrogens is 1. The van der Waals surface area contributed by atoms with Crippen LogP contribution in [0, 0.1) is 0 Å². The standard InChI is InChI=1S/C21H22N4O2S/c26-20(22-14-16-4-2-1-3-5-16)19-15-28-21(24-19)23-17-6-8-18(9-7-17)25-10-12-27-13-11-25/h1-9,15H,10-14H2,(H,22,26)(H,23,24). The van der Waals surface area contributed by atoms with Gasteiger partial charge in [0.2, 0.25) is 0 Å². The molecule has 0 spiro atoms. The molecule has 2 heterocycles. The molecular weight excluding hydrogens is 372 g/mol. The quantitative estimate of drug-likeness (QED) is 0.668. The van der Waals surface area contributed by atoms with Gasteiger partial charge in [-0.3, -0.25) is 4.79 Å². The fraction of sp³-hybridized carbons (Fsp3) is 0.238. The van der Waals surface area contributed by atoms with Crippen LogP contribution in [0.1, 0.15) is 16.1 Å². The summed E-state index contributed by atoms with van der Waals surface area (Å²) < 4.78 is 5.39. The highest BCUT2D eigenvalue weighted by atomic mass is 32.1. The maximum Gasteiger partial charge on any atom is 0.271 e. The molecule has 1 amide bonds. The van der Waals surface area contributed by atoms with E-state index in [9.17, 15) is 4.79 Å². The van der Waals surface area contributed by atoms with Gasteiger partial charge in [0, 0.05) is 36.4 Å². The van der Waals surface area contributed by atoms with E-state index in [-0.39, 0.29) is 5.91 Å². The molecule has 2 aromatic carbocycles. The van der Waals surface area contributed by atoms with E-state index in [4.69, 9.17) is 4.74 Å². The zero-order valence-corrected chi connectivity index (χ0v) is 16.2. The molecule has 4 rings (SSSR count). The number of ether oxygens (including phenoxy) is 1. The van der Waals surface area contributed by atoms with Crippen LogP contribution in [0.2, 0.25) is 0 Å². The number of amides is 1. The number of nitrogens with zero attached hydrogens (tertiary/aromatic N) is 2. The zero-order chi connectivity index (χ0) is 19.2. The van der Waals surface area contributed by atoms with Crippen molar-refractivity contribution >= 4 is 33.8 Å². The number of nitrogens with one attached hydrogen (secondary N) is 2. The molecule has 0 bridgehead atoms. The number of hydrogen-bond acceptors (Lipinski definition) is 6. The van der Waals surface area contributed by atoms with Crippen LogP contribution >= 0.6 is 11.3 Å². The van der Waals surface area contributed by atoms with Gasteiger partial charge in [-0.2, -0.15) is 0 Å². The van der Waals surface area contributed by atoms with E-state index < -0.39 is 0 Å². The highest BCUT2D eigenvalue weighted by molar-refractivity contribution is 7.14. The molecule has 0 atom stereocenters. The Kier molecular flexibility index (Phi) is 5.84. The van der Waals surface area contributed by atoms with Crippen molar-refractivity contribution in [3.8, 4) is 0 Å². The van der Waals surface area contributed by atoms with E-state index in [0.717, 1.165) is 37.6 Å². The Morgan fingerprint density at radius 2 is 1.82 bits per heavy atom. The average molecular weight is 395 g/mol. The summed E-state index contributed by atoms with van der Waals surface area (Å²) in [5, 5.41) is 8.63. The summed E-state index contributed by atoms with van der Waals surface area (Å²) in [6, 6.07) is 18.1. The molecule has 0 radical (unpaired) electrons. The average Bonchev–Trinajstić information content (AvgIpc) is 3.22. The van der Waals surface area contributed by atoms with Gasteiger partial charge in [0.25, 0.3) is 5.91 Å². The number of thiazole rings is 1. The monoisotopic (exact) mass is 394 g/mol. The summed E-state index contributed by atoms with van der Waals surface area (Å²) in [6.45, 7) is 3.87. The van der Waals surface area contributed by atoms with Crippen molar-refractivity contribution in [2.45, 2.75) is 6.54 Å². The Hall–Kier alpha value is -2.90. The van der Waals surface area contributed by atoms with E-state index in [1.165, 1.54) is 17.0 Å². The van der Waals surface area contributed by atoms with Crippen molar-refractivity contribution < 1.29 is 9.53 Å². The number of carbonyl (C=O) groups is 1. The van der Waals surface area contributed by atoms with Crippen LogP contribution in [0.25, 0.3) is 0 Å². The molecule has 144 valence electrons. The van der Waals surface area contributed by atoms with Gasteiger partial charge in [0.15, 0.2) is 5.13 Å². The minimum Gasteiger partial charge on any atom is -0.378 e. The van der Waals surface area contributed by atoms with Crippen molar-refractivity contribution in [1.29, 1.82) is 0 Å². The molecule has 1 fully saturated rings. The summed E-state index contributed by atoms with van der Waals surface area (Å²) in [6.07, 6.45) is 0. The molecule has 7 heteroatoms. The summed E-state index contributed by atoms with van der Waals surface area (Å²) in [4.78, 5) is 19.0. The predicted octanol–water partition coefficient (Wildman–Crippen LogP) is 3.65. The molecule has 0 unspecified atom stereocenters. The topological polar surface area (TPSA) is 66.5 Å². The first-order chi connectivity index (χ1) is 13.8. The number of hydrogen-bond donors (Lipinski definition) is 2. The van der Waals surface area contributed by atoms with Crippen LogP contribution < -0.4 is 15.5 Å². The second-order valence-corrected chi connectivity index (χ2v) is 7.34. The van der Waals surface area contributed by atoms with Crippen molar-refractivity contribution in [2.75, 3.05) is 36.5 Å². The fourth-order valence-electron chi connectivity index (χ4n) is 3.00. The van der Waals surface area contributed by atoms with E-state index in [0.29, 0.717) is 17.4 Å². The summed E-state index contributed by atoms with van der Waals surface area (Å²) in [5.74, 6) is -0.171. The minimum atomic E-state index is -0.171. The number of morpholine rings is 1. The molecule has 6 nitrogen and oxygen atoms in total. The third-order valence-corrected chi connectivity index (χ3v) is 5.29. The van der Waals surface area contributed by atoms with Gasteiger partial charge >= 0.3 is 0 Å². The van der Waals surface area contributed by atoms with E-state index in [1.54, 1.807) is 5.38 Å². The highest BCUT2D eigenvalue weighted by Crippen LogP contribution is 2.24. The van der Waals surface area contributed by atoms with Gasteiger partial charge in [-0.25, -0.2) is 4.98 Å². The fourth-order valence-corrected chi connectivity index (χ4v) is 3.72. The Balaban J connectivity index is 1.33. The lowest BCUT2D eigenvalue weighted by molar-refractivity contribution is 0.0946. The summed E-state index contributed by atoms with van der Waals surface area (Å²) in [5.41, 5.74) is 3.62. The molecule has 28 heavy (non-hydrogen) atoms. The van der Waals surface area contributed by atoms with Gasteiger partial charge in [0.1, 0.15) is 5.69 Å². The largest absolute Gasteiger partial charge is 0.378 e. The third kappa shape index (κ3) is 4.68. The molecule has 0 saturated carbocycles. The first-order valence-corrected chi connectivity index (χ1v) is 10.1. The van der Waals surface area contributed by atoms with Crippen molar-refractivity contribution in [2.24, 2.45) is 0 Å². The van der Waals surface area contributed by atoms with Gasteiger partial charge in [-0.1, -0.05) is 30.3 Å². The summed E-state index contributed by atoms with van der Waals surface area (Å²) >= 11 is 1.42. The second-order valence-electron chi connectivity index (χ2n) is 6.48. The van der Waals surface area contributed by atoms with Gasteiger partial charge < -0.3 is 20.3 Å². The Morgan fingerprint density at radius 1 is 1.07 bits per heavy atom. The van der Waals surface area contributed by atoms with Crippen LogP contribution in [0.15, 0.2) is 60.0 Å². The van der Waals surface area contributed by atoms with E-state index >= 15 is 0 Å². The van der Waals surface area contributed by atoms with Gasteiger partial charge in [-0.15, -0.1) is 11.3 Å². The Labute approximate surface area is 168 Å². The lowest BCUT2D eigenvalue weighted by atomic mass is 10.2. The molecule has 1 aliphatic rings. The molecule has 2 N–H and O–H groups in total. The van der Waals surface area contributed by atoms with Crippen LogP contribution in [-0.2, 0) is 11.3 Å². The lowest BCUT2D eigenvalue weighted by Crippen LogP contribution is -2.36. The maximum atomic E-state index is 12.3. The van der Waals surface area contributed by atoms with Crippen LogP contribution in [0.5, 0.6) is 0 Å². The number of rotatable bonds is 6. The molecule has 1 aromatic heterocycles. The van der Waals surface area contributed by atoms with E-state index in [1.807, 2.05) is 42.5 Å². The number of anilines is 3. The second kappa shape index (κ2) is 8.86. The molecule has 1 saturated heterocycles. The van der Waals surface area contributed by atoms with Crippen LogP contribution in [0.4, 0.5) is 16.5 Å². The summed E-state index contributed by atoms with van der Waals surface area (Å²) in [7, 11) is 0. The lowest BCUT2D eigenvalue weighted by Gasteiger charge is -2.28. The van der Waals surface area contributed by atoms with Gasteiger partial charge in [-0.05, 0) is 29.8 Å². The van der Waals surface area contributed by atoms with Crippen molar-refractivity contribution in [1.82, 2.24) is 10.3 Å². The third-order valence-electron chi connectivity index (χ3n) is 4.53. The number of benzene rings is 2. The predicted molar refractivity (Wildman–Crippen MR) is 112 cm³/mol. The highest BCUT2D eigenvalue weighted by Gasteiger charge is 2.12. The van der Waals surface area contributed by atoms with Crippen molar-refractivity contribution in [3.63, 3.8) is 0 Å². The smallest absolute Gasteiger partial charge is 0.271 e. The van der Waals surface area contributed by atoms with Crippen molar-refractivity contribution in [3.05, 3.63) is 71.2 Å². The Bertz CT molecular complexity index is 906. The number of carbonyl (C=O) groups excluding carboxylic acids is 1. The van der Waals surface area contributed by atoms with Crippen LogP contribution in [0.3, 0.4) is 0 Å². The first kappa shape index (κ1) is 18.5. The normalized spacial score (nSPS) is 13.9. The zero-order valence-electron chi connectivity index (χ0n) is 15.4. The van der Waals surface area contributed by atoms with E-state index in [2.05, 4.69) is 32.7 Å².